The molecule has 1 N–H and O–H groups in total. The molecule has 2 rings (SSSR count). The third-order valence-corrected chi connectivity index (χ3v) is 3.93. The maximum atomic E-state index is 13.0. The van der Waals surface area contributed by atoms with Crippen LogP contribution in [-0.4, -0.2) is 24.9 Å². The first kappa shape index (κ1) is 19.8. The standard InChI is InChI=1S/C18H16ClF3N2O2/c1-12(25)24(10-9-23-17(26)13-5-3-2-4-6-13)14-7-8-16(19)15(11-14)18(20,21)22/h2-8,11H,9-10H2,1H3,(H,23,26). The van der Waals surface area contributed by atoms with Crippen molar-refractivity contribution in [2.75, 3.05) is 18.0 Å². The number of alkyl halides is 3. The second-order valence-electron chi connectivity index (χ2n) is 5.45. The lowest BCUT2D eigenvalue weighted by Gasteiger charge is -2.23. The molecule has 0 spiro atoms. The summed E-state index contributed by atoms with van der Waals surface area (Å²) in [5, 5.41) is 2.19. The maximum absolute atomic E-state index is 13.0. The van der Waals surface area contributed by atoms with Gasteiger partial charge in [0.15, 0.2) is 0 Å². The van der Waals surface area contributed by atoms with E-state index in [9.17, 15) is 22.8 Å². The zero-order chi connectivity index (χ0) is 19.3. The molecule has 2 aromatic carbocycles. The van der Waals surface area contributed by atoms with E-state index in [-0.39, 0.29) is 24.7 Å². The van der Waals surface area contributed by atoms with Gasteiger partial charge in [-0.15, -0.1) is 0 Å². The van der Waals surface area contributed by atoms with Crippen LogP contribution in [0.5, 0.6) is 0 Å². The van der Waals surface area contributed by atoms with Crippen molar-refractivity contribution in [2.24, 2.45) is 0 Å². The SMILES string of the molecule is CC(=O)N(CCNC(=O)c1ccccc1)c1ccc(Cl)c(C(F)(F)F)c1. The molecular formula is C18H16ClF3N2O2. The van der Waals surface area contributed by atoms with Gasteiger partial charge in [-0.3, -0.25) is 9.59 Å². The van der Waals surface area contributed by atoms with E-state index in [0.29, 0.717) is 5.56 Å². The Kier molecular flexibility index (Phi) is 6.26. The lowest BCUT2D eigenvalue weighted by atomic mass is 10.1. The lowest BCUT2D eigenvalue weighted by molar-refractivity contribution is -0.137. The molecule has 0 saturated heterocycles. The van der Waals surface area contributed by atoms with Crippen LogP contribution in [0.25, 0.3) is 0 Å². The number of anilines is 1. The molecule has 0 unspecified atom stereocenters. The smallest absolute Gasteiger partial charge is 0.350 e. The van der Waals surface area contributed by atoms with Crippen LogP contribution in [0.15, 0.2) is 48.5 Å². The van der Waals surface area contributed by atoms with Gasteiger partial charge < -0.3 is 10.2 Å². The molecular weight excluding hydrogens is 369 g/mol. The Labute approximate surface area is 153 Å². The van der Waals surface area contributed by atoms with Gasteiger partial charge in [0.1, 0.15) is 0 Å². The fraction of sp³-hybridized carbons (Fsp3) is 0.222. The monoisotopic (exact) mass is 384 g/mol. The van der Waals surface area contributed by atoms with E-state index in [0.717, 1.165) is 17.0 Å². The molecule has 0 radical (unpaired) electrons. The van der Waals surface area contributed by atoms with Crippen molar-refractivity contribution in [3.8, 4) is 0 Å². The third kappa shape index (κ3) is 4.98. The first-order valence-corrected chi connectivity index (χ1v) is 8.06. The van der Waals surface area contributed by atoms with Crippen LogP contribution in [0.2, 0.25) is 5.02 Å². The first-order valence-electron chi connectivity index (χ1n) is 7.68. The second-order valence-corrected chi connectivity index (χ2v) is 5.86. The van der Waals surface area contributed by atoms with Crippen LogP contribution in [0, 0.1) is 0 Å². The van der Waals surface area contributed by atoms with E-state index in [2.05, 4.69) is 5.32 Å². The lowest BCUT2D eigenvalue weighted by Crippen LogP contribution is -2.37. The predicted molar refractivity (Wildman–Crippen MR) is 93.3 cm³/mol. The van der Waals surface area contributed by atoms with Gasteiger partial charge >= 0.3 is 6.18 Å². The second kappa shape index (κ2) is 8.23. The van der Waals surface area contributed by atoms with E-state index < -0.39 is 22.7 Å². The zero-order valence-corrected chi connectivity index (χ0v) is 14.6. The van der Waals surface area contributed by atoms with Crippen LogP contribution in [0.3, 0.4) is 0 Å². The highest BCUT2D eigenvalue weighted by molar-refractivity contribution is 6.31. The zero-order valence-electron chi connectivity index (χ0n) is 13.8. The molecule has 26 heavy (non-hydrogen) atoms. The van der Waals surface area contributed by atoms with Crippen molar-refractivity contribution < 1.29 is 22.8 Å². The summed E-state index contributed by atoms with van der Waals surface area (Å²) in [5.41, 5.74) is -0.507. The summed E-state index contributed by atoms with van der Waals surface area (Å²) in [7, 11) is 0. The highest BCUT2D eigenvalue weighted by Crippen LogP contribution is 2.36. The van der Waals surface area contributed by atoms with Gasteiger partial charge in [0.25, 0.3) is 5.91 Å². The number of halogens is 4. The van der Waals surface area contributed by atoms with Crippen molar-refractivity contribution in [3.05, 3.63) is 64.7 Å². The van der Waals surface area contributed by atoms with Crippen molar-refractivity contribution in [1.29, 1.82) is 0 Å². The van der Waals surface area contributed by atoms with E-state index in [4.69, 9.17) is 11.6 Å². The Hall–Kier alpha value is -2.54. The quantitative estimate of drug-likeness (QED) is 0.842. The highest BCUT2D eigenvalue weighted by atomic mass is 35.5. The van der Waals surface area contributed by atoms with E-state index in [1.807, 2.05) is 0 Å². The van der Waals surface area contributed by atoms with Crippen molar-refractivity contribution in [3.63, 3.8) is 0 Å². The number of rotatable bonds is 5. The molecule has 0 saturated carbocycles. The molecule has 0 heterocycles. The van der Waals surface area contributed by atoms with Crippen LogP contribution in [-0.2, 0) is 11.0 Å². The molecule has 4 nitrogen and oxygen atoms in total. The Morgan fingerprint density at radius 3 is 2.35 bits per heavy atom. The fourth-order valence-corrected chi connectivity index (χ4v) is 2.56. The summed E-state index contributed by atoms with van der Waals surface area (Å²) in [4.78, 5) is 25.0. The number of hydrogen-bond donors (Lipinski definition) is 1. The summed E-state index contributed by atoms with van der Waals surface area (Å²) in [6.07, 6.45) is -4.63. The van der Waals surface area contributed by atoms with Crippen molar-refractivity contribution in [2.45, 2.75) is 13.1 Å². The van der Waals surface area contributed by atoms with Gasteiger partial charge in [-0.25, -0.2) is 0 Å². The fourth-order valence-electron chi connectivity index (χ4n) is 2.34. The maximum Gasteiger partial charge on any atom is 0.417 e. The van der Waals surface area contributed by atoms with E-state index in [1.54, 1.807) is 30.3 Å². The highest BCUT2D eigenvalue weighted by Gasteiger charge is 2.34. The number of carbonyl (C=O) groups excluding carboxylic acids is 2. The van der Waals surface area contributed by atoms with Gasteiger partial charge in [-0.05, 0) is 30.3 Å². The average molecular weight is 385 g/mol. The molecule has 0 bridgehead atoms. The van der Waals surface area contributed by atoms with Crippen molar-refractivity contribution >= 4 is 29.1 Å². The molecule has 0 aromatic heterocycles. The molecule has 138 valence electrons. The molecule has 0 aliphatic heterocycles. The summed E-state index contributed by atoms with van der Waals surface area (Å²) >= 11 is 5.60. The number of nitrogens with one attached hydrogen (secondary N) is 1. The largest absolute Gasteiger partial charge is 0.417 e. The molecule has 2 amide bonds. The van der Waals surface area contributed by atoms with Crippen LogP contribution in [0.1, 0.15) is 22.8 Å². The van der Waals surface area contributed by atoms with Crippen LogP contribution >= 0.6 is 11.6 Å². The summed E-state index contributed by atoms with van der Waals surface area (Å²) in [6.45, 7) is 1.34. The van der Waals surface area contributed by atoms with E-state index >= 15 is 0 Å². The Morgan fingerprint density at radius 2 is 1.77 bits per heavy atom. The molecule has 8 heteroatoms. The molecule has 0 fully saturated rings. The van der Waals surface area contributed by atoms with E-state index in [1.165, 1.54) is 13.0 Å². The normalized spacial score (nSPS) is 11.1. The number of hydrogen-bond acceptors (Lipinski definition) is 2. The van der Waals surface area contributed by atoms with Crippen LogP contribution < -0.4 is 10.2 Å². The Balaban J connectivity index is 2.10. The molecule has 0 aliphatic carbocycles. The first-order chi connectivity index (χ1) is 12.2. The van der Waals surface area contributed by atoms with Crippen LogP contribution in [0.4, 0.5) is 18.9 Å². The van der Waals surface area contributed by atoms with Gasteiger partial charge in [0.05, 0.1) is 10.6 Å². The van der Waals surface area contributed by atoms with Gasteiger partial charge in [0, 0.05) is 31.3 Å². The number of nitrogens with zero attached hydrogens (tertiary/aromatic N) is 1. The van der Waals surface area contributed by atoms with Crippen molar-refractivity contribution in [1.82, 2.24) is 5.32 Å². The predicted octanol–water partition coefficient (Wildman–Crippen LogP) is 4.14. The minimum atomic E-state index is -4.63. The topological polar surface area (TPSA) is 49.4 Å². The molecule has 0 atom stereocenters. The van der Waals surface area contributed by atoms with Gasteiger partial charge in [0.2, 0.25) is 5.91 Å². The summed E-state index contributed by atoms with van der Waals surface area (Å²) in [6, 6.07) is 11.7. The number of amides is 2. The van der Waals surface area contributed by atoms with Gasteiger partial charge in [-0.1, -0.05) is 29.8 Å². The number of benzene rings is 2. The number of carbonyl (C=O) groups is 2. The third-order valence-electron chi connectivity index (χ3n) is 3.60. The minimum Gasteiger partial charge on any atom is -0.350 e. The molecule has 0 aliphatic rings. The Morgan fingerprint density at radius 1 is 1.12 bits per heavy atom. The summed E-state index contributed by atoms with van der Waals surface area (Å²) < 4.78 is 39.0. The summed E-state index contributed by atoms with van der Waals surface area (Å²) in [5.74, 6) is -0.782. The molecule has 2 aromatic rings. The minimum absolute atomic E-state index is 0.0207. The Bertz CT molecular complexity index is 795. The average Bonchev–Trinajstić information content (AvgIpc) is 2.59. The van der Waals surface area contributed by atoms with Gasteiger partial charge in [-0.2, -0.15) is 13.2 Å².